The smallest absolute Gasteiger partial charge is 0.309 e. The summed E-state index contributed by atoms with van der Waals surface area (Å²) in [5, 5.41) is 12.7. The molecule has 2 N–H and O–H groups in total. The molecule has 2 heterocycles. The zero-order valence-electron chi connectivity index (χ0n) is 17.3. The number of fused-ring (bicyclic) bond motifs is 1. The second-order valence-electron chi connectivity index (χ2n) is 8.71. The first kappa shape index (κ1) is 22.2. The van der Waals surface area contributed by atoms with Crippen molar-refractivity contribution in [1.82, 2.24) is 9.88 Å². The molecule has 1 aliphatic carbocycles. The third kappa shape index (κ3) is 4.64. The maximum Gasteiger partial charge on any atom is 0.309 e. The van der Waals surface area contributed by atoms with Crippen LogP contribution in [0.2, 0.25) is 5.02 Å². The van der Waals surface area contributed by atoms with Crippen molar-refractivity contribution in [2.75, 3.05) is 11.9 Å². The number of carboxylic acid groups (broad SMARTS) is 1. The van der Waals surface area contributed by atoms with Crippen LogP contribution in [0.25, 0.3) is 0 Å². The molecule has 0 unspecified atom stereocenters. The molecule has 0 atom stereocenters. The van der Waals surface area contributed by atoms with Crippen LogP contribution in [0.15, 0.2) is 34.9 Å². The number of rotatable bonds is 4. The molecule has 8 heteroatoms. The Morgan fingerprint density at radius 1 is 1.29 bits per heavy atom. The highest BCUT2D eigenvalue weighted by atomic mass is 79.9. The van der Waals surface area contributed by atoms with Crippen LogP contribution < -0.4 is 5.32 Å². The van der Waals surface area contributed by atoms with Gasteiger partial charge in [-0.05, 0) is 84.3 Å². The van der Waals surface area contributed by atoms with Gasteiger partial charge in [0.1, 0.15) is 5.69 Å². The summed E-state index contributed by atoms with van der Waals surface area (Å²) < 4.78 is 0.719. The van der Waals surface area contributed by atoms with Gasteiger partial charge in [-0.25, -0.2) is 0 Å². The maximum atomic E-state index is 12.7. The topological polar surface area (TPSA) is 82.5 Å². The molecule has 1 aromatic carbocycles. The highest BCUT2D eigenvalue weighted by Gasteiger charge is 2.39. The molecule has 1 saturated carbocycles. The van der Waals surface area contributed by atoms with E-state index in [0.29, 0.717) is 35.3 Å². The Hall–Kier alpha value is -1.96. The first-order chi connectivity index (χ1) is 14.8. The Morgan fingerprint density at radius 2 is 2.03 bits per heavy atom. The van der Waals surface area contributed by atoms with E-state index in [1.807, 2.05) is 25.1 Å². The number of anilines is 1. The summed E-state index contributed by atoms with van der Waals surface area (Å²) in [6.45, 7) is 3.55. The first-order valence-electron chi connectivity index (χ1n) is 10.5. The van der Waals surface area contributed by atoms with E-state index in [9.17, 15) is 14.7 Å². The van der Waals surface area contributed by atoms with Gasteiger partial charge in [-0.2, -0.15) is 0 Å². The van der Waals surface area contributed by atoms with Gasteiger partial charge < -0.3 is 10.4 Å². The van der Waals surface area contributed by atoms with Crippen molar-refractivity contribution in [1.29, 1.82) is 0 Å². The van der Waals surface area contributed by atoms with E-state index < -0.39 is 11.4 Å². The SMILES string of the molecule is CC1(C(=O)O)CCC(N2CCc3cc(C(=O)Nc4cccc(Br)c4Cl)ncc3C2)CC1. The van der Waals surface area contributed by atoms with Crippen molar-refractivity contribution < 1.29 is 14.7 Å². The average molecular weight is 507 g/mol. The fraction of sp³-hybridized carbons (Fsp3) is 0.435. The molecule has 0 radical (unpaired) electrons. The molecule has 1 aliphatic heterocycles. The fourth-order valence-corrected chi connectivity index (χ4v) is 5.04. The van der Waals surface area contributed by atoms with Crippen LogP contribution in [0.3, 0.4) is 0 Å². The van der Waals surface area contributed by atoms with Crippen LogP contribution in [0.1, 0.15) is 54.2 Å². The van der Waals surface area contributed by atoms with Crippen molar-refractivity contribution in [3.8, 4) is 0 Å². The predicted molar refractivity (Wildman–Crippen MR) is 123 cm³/mol. The largest absolute Gasteiger partial charge is 0.481 e. The van der Waals surface area contributed by atoms with Crippen LogP contribution in [0.4, 0.5) is 5.69 Å². The van der Waals surface area contributed by atoms with Gasteiger partial charge in [0.2, 0.25) is 0 Å². The van der Waals surface area contributed by atoms with Gasteiger partial charge in [0.25, 0.3) is 5.91 Å². The summed E-state index contributed by atoms with van der Waals surface area (Å²) in [5.74, 6) is -0.973. The summed E-state index contributed by atoms with van der Waals surface area (Å²) >= 11 is 9.61. The van der Waals surface area contributed by atoms with Crippen LogP contribution >= 0.6 is 27.5 Å². The number of aromatic nitrogens is 1. The third-order valence-corrected chi connectivity index (χ3v) is 7.94. The summed E-state index contributed by atoms with van der Waals surface area (Å²) in [4.78, 5) is 31.0. The Labute approximate surface area is 195 Å². The molecule has 0 saturated heterocycles. The lowest BCUT2D eigenvalue weighted by Crippen LogP contribution is -2.44. The summed E-state index contributed by atoms with van der Waals surface area (Å²) in [5.41, 5.74) is 2.60. The maximum absolute atomic E-state index is 12.7. The average Bonchev–Trinajstić information content (AvgIpc) is 2.76. The second kappa shape index (κ2) is 8.88. The molecule has 0 bridgehead atoms. The van der Waals surface area contributed by atoms with Crippen LogP contribution in [0, 0.1) is 5.41 Å². The molecule has 1 amide bonds. The zero-order valence-corrected chi connectivity index (χ0v) is 19.7. The monoisotopic (exact) mass is 505 g/mol. The van der Waals surface area contributed by atoms with Crippen molar-refractivity contribution in [3.05, 3.63) is 56.8 Å². The second-order valence-corrected chi connectivity index (χ2v) is 9.94. The molecular weight excluding hydrogens is 482 g/mol. The van der Waals surface area contributed by atoms with E-state index in [0.717, 1.165) is 48.0 Å². The number of aliphatic carboxylic acids is 1. The van der Waals surface area contributed by atoms with E-state index >= 15 is 0 Å². The number of carbonyl (C=O) groups is 2. The van der Waals surface area contributed by atoms with Gasteiger partial charge in [-0.3, -0.25) is 19.5 Å². The molecule has 4 rings (SSSR count). The summed E-state index contributed by atoms with van der Waals surface area (Å²) in [6.07, 6.45) is 5.88. The first-order valence-corrected chi connectivity index (χ1v) is 11.6. The summed E-state index contributed by atoms with van der Waals surface area (Å²) in [7, 11) is 0. The fourth-order valence-electron chi connectivity index (χ4n) is 4.50. The molecule has 2 aliphatic rings. The number of halogens is 2. The van der Waals surface area contributed by atoms with E-state index in [1.165, 1.54) is 0 Å². The highest BCUT2D eigenvalue weighted by molar-refractivity contribution is 9.10. The summed E-state index contributed by atoms with van der Waals surface area (Å²) in [6, 6.07) is 7.65. The highest BCUT2D eigenvalue weighted by Crippen LogP contribution is 2.39. The standard InChI is InChI=1S/C23H25BrClN3O3/c1-23(22(30)31)8-5-16(6-9-23)28-10-7-14-11-19(26-12-15(14)13-28)21(29)27-18-4-2-3-17(24)20(18)25/h2-4,11-12,16H,5-10,13H2,1H3,(H,27,29)(H,30,31). The Balaban J connectivity index is 1.41. The minimum absolute atomic E-state index is 0.287. The van der Waals surface area contributed by atoms with Gasteiger partial charge in [-0.1, -0.05) is 17.7 Å². The lowest BCUT2D eigenvalue weighted by Gasteiger charge is -2.41. The van der Waals surface area contributed by atoms with Crippen LogP contribution in [0.5, 0.6) is 0 Å². The number of nitrogens with zero attached hydrogens (tertiary/aromatic N) is 2. The number of carboxylic acids is 1. The normalized spacial score (nSPS) is 23.8. The van der Waals surface area contributed by atoms with Crippen molar-refractivity contribution in [2.24, 2.45) is 5.41 Å². The molecule has 6 nitrogen and oxygen atoms in total. The molecular formula is C23H25BrClN3O3. The minimum Gasteiger partial charge on any atom is -0.481 e. The Bertz CT molecular complexity index is 1020. The van der Waals surface area contributed by atoms with E-state index in [4.69, 9.17) is 11.6 Å². The number of hydrogen-bond donors (Lipinski definition) is 2. The van der Waals surface area contributed by atoms with Gasteiger partial charge in [-0.15, -0.1) is 0 Å². The lowest BCUT2D eigenvalue weighted by atomic mass is 9.73. The van der Waals surface area contributed by atoms with Gasteiger partial charge in [0.05, 0.1) is 16.1 Å². The van der Waals surface area contributed by atoms with E-state index in [2.05, 4.69) is 31.1 Å². The number of nitrogens with one attached hydrogen (secondary N) is 1. The number of benzene rings is 1. The molecule has 31 heavy (non-hydrogen) atoms. The molecule has 164 valence electrons. The molecule has 1 fully saturated rings. The van der Waals surface area contributed by atoms with Gasteiger partial charge >= 0.3 is 5.97 Å². The predicted octanol–water partition coefficient (Wildman–Crippen LogP) is 5.14. The molecule has 1 aromatic heterocycles. The van der Waals surface area contributed by atoms with Crippen molar-refractivity contribution >= 4 is 45.1 Å². The minimum atomic E-state index is -0.686. The van der Waals surface area contributed by atoms with Crippen molar-refractivity contribution in [2.45, 2.75) is 51.6 Å². The Morgan fingerprint density at radius 3 is 2.74 bits per heavy atom. The quantitative estimate of drug-likeness (QED) is 0.600. The van der Waals surface area contributed by atoms with Crippen LogP contribution in [-0.2, 0) is 17.8 Å². The number of carbonyl (C=O) groups excluding carboxylic acids is 1. The van der Waals surface area contributed by atoms with Gasteiger partial charge in [0, 0.05) is 29.8 Å². The lowest BCUT2D eigenvalue weighted by molar-refractivity contribution is -0.150. The number of amides is 1. The van der Waals surface area contributed by atoms with Gasteiger partial charge in [0.15, 0.2) is 0 Å². The number of pyridine rings is 1. The van der Waals surface area contributed by atoms with Crippen molar-refractivity contribution in [3.63, 3.8) is 0 Å². The molecule has 2 aromatic rings. The van der Waals surface area contributed by atoms with E-state index in [-0.39, 0.29) is 5.91 Å². The number of hydrogen-bond acceptors (Lipinski definition) is 4. The third-order valence-electron chi connectivity index (χ3n) is 6.65. The Kier molecular flexibility index (Phi) is 6.37. The zero-order chi connectivity index (χ0) is 22.2. The van der Waals surface area contributed by atoms with E-state index in [1.54, 1.807) is 12.3 Å². The van der Waals surface area contributed by atoms with Crippen LogP contribution in [-0.4, -0.2) is 39.5 Å². The molecule has 0 spiro atoms.